The molecule has 1 fully saturated rings. The Labute approximate surface area is 181 Å². The molecule has 0 bridgehead atoms. The molecule has 0 aliphatic carbocycles. The van der Waals surface area contributed by atoms with Crippen LogP contribution < -0.4 is 5.32 Å². The van der Waals surface area contributed by atoms with Crippen LogP contribution in [0.15, 0.2) is 55.1 Å². The molecule has 32 heavy (non-hydrogen) atoms. The second-order valence-corrected chi connectivity index (χ2v) is 7.74. The first-order valence-corrected chi connectivity index (χ1v) is 10.0. The van der Waals surface area contributed by atoms with Gasteiger partial charge in [-0.05, 0) is 48.4 Å². The van der Waals surface area contributed by atoms with E-state index in [0.29, 0.717) is 17.5 Å². The van der Waals surface area contributed by atoms with Crippen LogP contribution in [-0.4, -0.2) is 54.4 Å². The molecule has 10 heteroatoms. The third-order valence-corrected chi connectivity index (χ3v) is 5.25. The number of rotatable bonds is 5. The number of fused-ring (bicyclic) bond motifs is 1. The number of anilines is 2. The minimum absolute atomic E-state index is 0.0233. The first-order chi connectivity index (χ1) is 15.4. The minimum atomic E-state index is -2.79. The molecule has 1 saturated heterocycles. The number of nitrogens with zero attached hydrogens (tertiary/aromatic N) is 6. The Hall–Kier alpha value is -3.95. The Balaban J connectivity index is 1.44. The maximum atomic E-state index is 13.2. The number of pyridine rings is 2. The molecule has 0 saturated carbocycles. The topological polar surface area (TPSA) is 88.3 Å². The van der Waals surface area contributed by atoms with E-state index in [1.165, 1.54) is 4.90 Å². The fraction of sp³-hybridized carbons (Fsp3) is 0.227. The number of hydrogen-bond acceptors (Lipinski definition) is 6. The summed E-state index contributed by atoms with van der Waals surface area (Å²) in [5, 5.41) is 7.45. The molecule has 8 nitrogen and oxygen atoms in total. The van der Waals surface area contributed by atoms with Crippen LogP contribution >= 0.6 is 0 Å². The summed E-state index contributed by atoms with van der Waals surface area (Å²) in [5.74, 6) is -1.24. The van der Waals surface area contributed by atoms with E-state index in [4.69, 9.17) is 0 Å². The van der Waals surface area contributed by atoms with Gasteiger partial charge in [0.05, 0.1) is 25.0 Å². The van der Waals surface area contributed by atoms with Crippen LogP contribution in [0.25, 0.3) is 16.6 Å². The second-order valence-electron chi connectivity index (χ2n) is 7.74. The number of likely N-dealkylation sites (tertiary alicyclic amines) is 1. The third-order valence-electron chi connectivity index (χ3n) is 5.25. The van der Waals surface area contributed by atoms with Crippen molar-refractivity contribution in [1.82, 2.24) is 29.5 Å². The molecule has 5 rings (SSSR count). The van der Waals surface area contributed by atoms with Crippen molar-refractivity contribution in [2.75, 3.05) is 18.4 Å². The van der Waals surface area contributed by atoms with Crippen LogP contribution in [0.3, 0.4) is 0 Å². The highest BCUT2D eigenvalue weighted by molar-refractivity contribution is 5.83. The van der Waals surface area contributed by atoms with Gasteiger partial charge in [-0.3, -0.25) is 4.79 Å². The number of amides is 1. The number of carbonyl (C=O) groups is 1. The predicted molar refractivity (Wildman–Crippen MR) is 114 cm³/mol. The van der Waals surface area contributed by atoms with Crippen molar-refractivity contribution in [1.29, 1.82) is 0 Å². The summed E-state index contributed by atoms with van der Waals surface area (Å²) in [4.78, 5) is 26.4. The van der Waals surface area contributed by atoms with Gasteiger partial charge in [0, 0.05) is 30.4 Å². The highest BCUT2D eigenvalue weighted by Crippen LogP contribution is 2.29. The normalized spacial score (nSPS) is 14.9. The maximum Gasteiger partial charge on any atom is 0.282 e. The number of aromatic nitrogens is 5. The Morgan fingerprint density at radius 2 is 1.88 bits per heavy atom. The Kier molecular flexibility index (Phi) is 4.76. The van der Waals surface area contributed by atoms with Crippen LogP contribution in [0.5, 0.6) is 0 Å². The van der Waals surface area contributed by atoms with Crippen molar-refractivity contribution in [3.05, 3.63) is 66.5 Å². The van der Waals surface area contributed by atoms with Crippen molar-refractivity contribution in [2.45, 2.75) is 19.3 Å². The molecule has 0 aromatic carbocycles. The predicted octanol–water partition coefficient (Wildman–Crippen LogP) is 3.26. The van der Waals surface area contributed by atoms with Gasteiger partial charge in [-0.15, -0.1) is 0 Å². The molecule has 1 N–H and O–H groups in total. The first kappa shape index (κ1) is 20.0. The number of halogens is 2. The molecule has 1 amide bonds. The van der Waals surface area contributed by atoms with Gasteiger partial charge in [0.15, 0.2) is 0 Å². The van der Waals surface area contributed by atoms with Gasteiger partial charge in [-0.1, -0.05) is 0 Å². The second kappa shape index (κ2) is 7.63. The van der Waals surface area contributed by atoms with Gasteiger partial charge in [-0.25, -0.2) is 28.2 Å². The summed E-state index contributed by atoms with van der Waals surface area (Å²) in [6, 6.07) is 9.15. The molecule has 0 atom stereocenters. The van der Waals surface area contributed by atoms with Gasteiger partial charge in [0.2, 0.25) is 5.91 Å². The quantitative estimate of drug-likeness (QED) is 0.518. The van der Waals surface area contributed by atoms with Gasteiger partial charge in [0.1, 0.15) is 17.5 Å². The summed E-state index contributed by atoms with van der Waals surface area (Å²) in [6.07, 6.45) is 6.86. The zero-order chi connectivity index (χ0) is 22.3. The third kappa shape index (κ3) is 3.98. The zero-order valence-electron chi connectivity index (χ0n) is 17.2. The van der Waals surface area contributed by atoms with E-state index in [9.17, 15) is 13.6 Å². The molecule has 1 aliphatic rings. The first-order valence-electron chi connectivity index (χ1n) is 10.0. The highest BCUT2D eigenvalue weighted by Gasteiger charge is 2.46. The minimum Gasteiger partial charge on any atom is -0.330 e. The SMILES string of the molecule is Cc1nccc(Nc2cc(-c3cc(CC(=O)N4CC(F)(F)C4)c4ccnn4c3)ccn2)n1. The van der Waals surface area contributed by atoms with E-state index < -0.39 is 19.0 Å². The van der Waals surface area contributed by atoms with Crippen LogP contribution in [0.4, 0.5) is 20.4 Å². The fourth-order valence-electron chi connectivity index (χ4n) is 3.70. The molecule has 1 aliphatic heterocycles. The molecular formula is C22H19F2N7O. The van der Waals surface area contributed by atoms with Crippen LogP contribution in [0.2, 0.25) is 0 Å². The van der Waals surface area contributed by atoms with Gasteiger partial charge in [0.25, 0.3) is 5.92 Å². The Morgan fingerprint density at radius 1 is 1.06 bits per heavy atom. The monoisotopic (exact) mass is 435 g/mol. The largest absolute Gasteiger partial charge is 0.330 e. The zero-order valence-corrected chi connectivity index (χ0v) is 17.2. The number of alkyl halides is 2. The van der Waals surface area contributed by atoms with Crippen molar-refractivity contribution < 1.29 is 13.6 Å². The summed E-state index contributed by atoms with van der Waals surface area (Å²) >= 11 is 0. The summed E-state index contributed by atoms with van der Waals surface area (Å²) in [6.45, 7) is 0.754. The molecule has 5 heterocycles. The Morgan fingerprint density at radius 3 is 2.66 bits per heavy atom. The fourth-order valence-corrected chi connectivity index (χ4v) is 3.70. The lowest BCUT2D eigenvalue weighted by molar-refractivity contribution is -0.165. The molecule has 4 aromatic rings. The number of hydrogen-bond donors (Lipinski definition) is 1. The molecule has 0 unspecified atom stereocenters. The van der Waals surface area contributed by atoms with Gasteiger partial charge in [-0.2, -0.15) is 5.10 Å². The Bertz CT molecular complexity index is 1310. The van der Waals surface area contributed by atoms with Gasteiger partial charge < -0.3 is 10.2 Å². The number of aryl methyl sites for hydroxylation is 1. The standard InChI is InChI=1S/C22H19F2N7O/c1-14-25-6-4-19(28-14)29-20-9-15(2-5-26-20)17-8-16(18-3-7-27-31(18)11-17)10-21(32)30-12-22(23,24)13-30/h2-9,11H,10,12-13H2,1H3,(H,25,26,28,29). The maximum absolute atomic E-state index is 13.2. The molecule has 162 valence electrons. The molecular weight excluding hydrogens is 416 g/mol. The van der Waals surface area contributed by atoms with Crippen LogP contribution in [0.1, 0.15) is 11.4 Å². The summed E-state index contributed by atoms with van der Waals surface area (Å²) in [7, 11) is 0. The van der Waals surface area contributed by atoms with Crippen molar-refractivity contribution in [3.8, 4) is 11.1 Å². The average molecular weight is 435 g/mol. The smallest absolute Gasteiger partial charge is 0.282 e. The van der Waals surface area contributed by atoms with E-state index >= 15 is 0 Å². The molecule has 0 radical (unpaired) electrons. The van der Waals surface area contributed by atoms with Crippen LogP contribution in [-0.2, 0) is 11.2 Å². The number of nitrogens with one attached hydrogen (secondary N) is 1. The van der Waals surface area contributed by atoms with E-state index in [-0.39, 0.29) is 12.3 Å². The summed E-state index contributed by atoms with van der Waals surface area (Å²) in [5.41, 5.74) is 3.16. The van der Waals surface area contributed by atoms with Gasteiger partial charge >= 0.3 is 0 Å². The molecule has 0 spiro atoms. The van der Waals surface area contributed by atoms with E-state index in [0.717, 1.165) is 22.2 Å². The van der Waals surface area contributed by atoms with E-state index in [1.807, 2.05) is 24.4 Å². The van der Waals surface area contributed by atoms with E-state index in [2.05, 4.69) is 25.4 Å². The van der Waals surface area contributed by atoms with Crippen molar-refractivity contribution in [2.24, 2.45) is 0 Å². The lowest BCUT2D eigenvalue weighted by atomic mass is 10.0. The van der Waals surface area contributed by atoms with Crippen LogP contribution in [0, 0.1) is 6.92 Å². The lowest BCUT2D eigenvalue weighted by Gasteiger charge is -2.38. The van der Waals surface area contributed by atoms with Crippen molar-refractivity contribution >= 4 is 23.1 Å². The average Bonchev–Trinajstić information content (AvgIpc) is 3.21. The van der Waals surface area contributed by atoms with Crippen molar-refractivity contribution in [3.63, 3.8) is 0 Å². The lowest BCUT2D eigenvalue weighted by Crippen LogP contribution is -2.58. The van der Waals surface area contributed by atoms with E-state index in [1.54, 1.807) is 42.2 Å². The summed E-state index contributed by atoms with van der Waals surface area (Å²) < 4.78 is 28.0. The highest BCUT2D eigenvalue weighted by atomic mass is 19.3. The number of carbonyl (C=O) groups excluding carboxylic acids is 1. The molecule has 4 aromatic heterocycles.